The number of ether oxygens (including phenoxy) is 1. The van der Waals surface area contributed by atoms with Crippen molar-refractivity contribution in [3.8, 4) is 0 Å². The summed E-state index contributed by atoms with van der Waals surface area (Å²) in [5, 5.41) is 9.41. The predicted molar refractivity (Wildman–Crippen MR) is 83.2 cm³/mol. The maximum absolute atomic E-state index is 12.3. The van der Waals surface area contributed by atoms with Crippen molar-refractivity contribution < 1.29 is 19.4 Å². The molecule has 0 saturated carbocycles. The van der Waals surface area contributed by atoms with Gasteiger partial charge >= 0.3 is 11.9 Å². The van der Waals surface area contributed by atoms with Crippen molar-refractivity contribution in [2.24, 2.45) is 23.7 Å². The highest BCUT2D eigenvalue weighted by atomic mass is 16.5. The summed E-state index contributed by atoms with van der Waals surface area (Å²) in [7, 11) is 0. The Morgan fingerprint density at radius 1 is 1.05 bits per heavy atom. The largest absolute Gasteiger partial charge is 0.481 e. The summed E-state index contributed by atoms with van der Waals surface area (Å²) in [6.45, 7) is 3.96. The number of carboxylic acids is 1. The molecule has 0 heterocycles. The van der Waals surface area contributed by atoms with E-state index in [2.05, 4.69) is 0 Å². The van der Waals surface area contributed by atoms with E-state index in [-0.39, 0.29) is 18.4 Å². The molecule has 1 aromatic rings. The second-order valence-corrected chi connectivity index (χ2v) is 5.90. The minimum atomic E-state index is -0.936. The van der Waals surface area contributed by atoms with Crippen molar-refractivity contribution in [2.45, 2.75) is 20.3 Å². The lowest BCUT2D eigenvalue weighted by atomic mass is 9.71. The molecule has 4 atom stereocenters. The number of carbonyl (C=O) groups is 2. The fourth-order valence-electron chi connectivity index (χ4n) is 2.99. The van der Waals surface area contributed by atoms with Gasteiger partial charge in [-0.15, -0.1) is 0 Å². The van der Waals surface area contributed by atoms with Crippen molar-refractivity contribution in [3.63, 3.8) is 0 Å². The smallest absolute Gasteiger partial charge is 0.310 e. The van der Waals surface area contributed by atoms with Crippen LogP contribution in [0.15, 0.2) is 42.5 Å². The number of allylic oxidation sites excluding steroid dienone is 2. The van der Waals surface area contributed by atoms with Crippen LogP contribution in [-0.2, 0) is 20.7 Å². The monoisotopic (exact) mass is 302 g/mol. The molecule has 0 amide bonds. The summed E-state index contributed by atoms with van der Waals surface area (Å²) >= 11 is 0. The summed E-state index contributed by atoms with van der Waals surface area (Å²) in [4.78, 5) is 23.8. The maximum Gasteiger partial charge on any atom is 0.310 e. The van der Waals surface area contributed by atoms with Gasteiger partial charge < -0.3 is 9.84 Å². The Morgan fingerprint density at radius 3 is 2.23 bits per heavy atom. The van der Waals surface area contributed by atoms with Gasteiger partial charge in [-0.2, -0.15) is 0 Å². The van der Waals surface area contributed by atoms with Gasteiger partial charge in [-0.3, -0.25) is 9.59 Å². The van der Waals surface area contributed by atoms with E-state index >= 15 is 0 Å². The van der Waals surface area contributed by atoms with Crippen molar-refractivity contribution in [2.75, 3.05) is 6.61 Å². The van der Waals surface area contributed by atoms with Gasteiger partial charge in [0.2, 0.25) is 0 Å². The van der Waals surface area contributed by atoms with E-state index in [4.69, 9.17) is 4.74 Å². The summed E-state index contributed by atoms with van der Waals surface area (Å²) in [5.74, 6) is -2.97. The molecule has 1 aromatic carbocycles. The maximum atomic E-state index is 12.3. The van der Waals surface area contributed by atoms with Crippen molar-refractivity contribution in [3.05, 3.63) is 48.0 Å². The normalized spacial score (nSPS) is 27.4. The summed E-state index contributed by atoms with van der Waals surface area (Å²) in [6.07, 6.45) is 4.42. The number of hydrogen-bond donors (Lipinski definition) is 1. The third-order valence-corrected chi connectivity index (χ3v) is 4.27. The molecule has 2 rings (SSSR count). The van der Waals surface area contributed by atoms with E-state index < -0.39 is 23.8 Å². The van der Waals surface area contributed by atoms with E-state index in [0.29, 0.717) is 6.42 Å². The highest BCUT2D eigenvalue weighted by Gasteiger charge is 2.42. The van der Waals surface area contributed by atoms with Crippen LogP contribution in [0.3, 0.4) is 0 Å². The molecule has 1 aliphatic carbocycles. The predicted octanol–water partition coefficient (Wildman–Crippen LogP) is 2.93. The Balaban J connectivity index is 1.97. The topological polar surface area (TPSA) is 63.6 Å². The molecule has 0 aliphatic heterocycles. The molecule has 4 unspecified atom stereocenters. The second-order valence-electron chi connectivity index (χ2n) is 5.90. The van der Waals surface area contributed by atoms with Crippen molar-refractivity contribution in [1.29, 1.82) is 0 Å². The van der Waals surface area contributed by atoms with Crippen LogP contribution in [0, 0.1) is 23.7 Å². The van der Waals surface area contributed by atoms with Crippen LogP contribution in [0.1, 0.15) is 19.4 Å². The van der Waals surface area contributed by atoms with Gasteiger partial charge in [-0.25, -0.2) is 0 Å². The molecule has 0 aromatic heterocycles. The SMILES string of the molecule is CC1C=CC(C)C(C(=O)OCCc2ccccc2)C1C(=O)O. The van der Waals surface area contributed by atoms with E-state index in [1.807, 2.05) is 56.3 Å². The quantitative estimate of drug-likeness (QED) is 0.671. The third-order valence-electron chi connectivity index (χ3n) is 4.27. The minimum absolute atomic E-state index is 0.124. The van der Waals surface area contributed by atoms with Gasteiger partial charge in [-0.1, -0.05) is 56.3 Å². The number of aliphatic carboxylic acids is 1. The molecule has 1 aliphatic rings. The van der Waals surface area contributed by atoms with Gasteiger partial charge in [0.1, 0.15) is 0 Å². The number of esters is 1. The first-order valence-corrected chi connectivity index (χ1v) is 7.62. The Hall–Kier alpha value is -2.10. The van der Waals surface area contributed by atoms with Crippen LogP contribution < -0.4 is 0 Å². The van der Waals surface area contributed by atoms with E-state index in [1.54, 1.807) is 0 Å². The zero-order valence-electron chi connectivity index (χ0n) is 12.9. The zero-order valence-corrected chi connectivity index (χ0v) is 12.9. The lowest BCUT2D eigenvalue weighted by Crippen LogP contribution is -2.40. The van der Waals surface area contributed by atoms with Crippen molar-refractivity contribution in [1.82, 2.24) is 0 Å². The van der Waals surface area contributed by atoms with Crippen molar-refractivity contribution >= 4 is 11.9 Å². The molecular weight excluding hydrogens is 280 g/mol. The van der Waals surface area contributed by atoms with Crippen LogP contribution in [0.2, 0.25) is 0 Å². The Kier molecular flexibility index (Phi) is 5.36. The number of rotatable bonds is 5. The summed E-state index contributed by atoms with van der Waals surface area (Å²) in [6, 6.07) is 9.76. The van der Waals surface area contributed by atoms with Gasteiger partial charge in [0.05, 0.1) is 18.4 Å². The zero-order chi connectivity index (χ0) is 16.1. The fourth-order valence-corrected chi connectivity index (χ4v) is 2.99. The number of carboxylic acid groups (broad SMARTS) is 1. The molecular formula is C18H22O4. The molecule has 1 N–H and O–H groups in total. The first-order chi connectivity index (χ1) is 10.5. The first-order valence-electron chi connectivity index (χ1n) is 7.62. The van der Waals surface area contributed by atoms with Gasteiger partial charge in [0, 0.05) is 6.42 Å². The number of carbonyl (C=O) groups excluding carboxylic acids is 1. The van der Waals surface area contributed by atoms with E-state index in [9.17, 15) is 14.7 Å². The highest BCUT2D eigenvalue weighted by molar-refractivity contribution is 5.82. The van der Waals surface area contributed by atoms with Crippen LogP contribution in [0.4, 0.5) is 0 Å². The number of hydrogen-bond acceptors (Lipinski definition) is 3. The Bertz CT molecular complexity index is 549. The van der Waals surface area contributed by atoms with Crippen LogP contribution in [0.25, 0.3) is 0 Å². The minimum Gasteiger partial charge on any atom is -0.481 e. The third kappa shape index (κ3) is 3.75. The molecule has 0 saturated heterocycles. The molecule has 0 spiro atoms. The highest BCUT2D eigenvalue weighted by Crippen LogP contribution is 2.35. The van der Waals surface area contributed by atoms with Crippen LogP contribution in [-0.4, -0.2) is 23.7 Å². The molecule has 4 heteroatoms. The van der Waals surface area contributed by atoms with Crippen LogP contribution >= 0.6 is 0 Å². The molecule has 4 nitrogen and oxygen atoms in total. The molecule has 0 bridgehead atoms. The Labute approximate surface area is 130 Å². The lowest BCUT2D eigenvalue weighted by Gasteiger charge is -2.32. The standard InChI is InChI=1S/C18H22O4/c1-12-8-9-13(2)16(15(12)17(19)20)18(21)22-11-10-14-6-4-3-5-7-14/h3-9,12-13,15-16H,10-11H2,1-2H3,(H,19,20). The average molecular weight is 302 g/mol. The van der Waals surface area contributed by atoms with Gasteiger partial charge in [0.25, 0.3) is 0 Å². The molecule has 0 radical (unpaired) electrons. The first kappa shape index (κ1) is 16.3. The second kappa shape index (κ2) is 7.25. The molecule has 22 heavy (non-hydrogen) atoms. The van der Waals surface area contributed by atoms with Crippen LogP contribution in [0.5, 0.6) is 0 Å². The lowest BCUT2D eigenvalue weighted by molar-refractivity contribution is -0.161. The summed E-state index contributed by atoms with van der Waals surface area (Å²) < 4.78 is 5.35. The summed E-state index contributed by atoms with van der Waals surface area (Å²) in [5.41, 5.74) is 1.09. The van der Waals surface area contributed by atoms with E-state index in [0.717, 1.165) is 5.56 Å². The number of benzene rings is 1. The fraction of sp³-hybridized carbons (Fsp3) is 0.444. The van der Waals surface area contributed by atoms with Gasteiger partial charge in [0.15, 0.2) is 0 Å². The Morgan fingerprint density at radius 2 is 1.64 bits per heavy atom. The van der Waals surface area contributed by atoms with E-state index in [1.165, 1.54) is 0 Å². The molecule has 0 fully saturated rings. The van der Waals surface area contributed by atoms with Gasteiger partial charge in [-0.05, 0) is 17.4 Å². The average Bonchev–Trinajstić information content (AvgIpc) is 2.49. The molecule has 118 valence electrons.